The molecule has 0 radical (unpaired) electrons. The van der Waals surface area contributed by atoms with Gasteiger partial charge in [0.05, 0.1) is 0 Å². The molecule has 0 saturated carbocycles. The van der Waals surface area contributed by atoms with Gasteiger partial charge in [0.2, 0.25) is 0 Å². The number of rotatable bonds is 64. The van der Waals surface area contributed by atoms with Crippen molar-refractivity contribution >= 4 is 17.9 Å². The third kappa shape index (κ3) is 67.1. The summed E-state index contributed by atoms with van der Waals surface area (Å²) in [5.41, 5.74) is 0. The normalized spacial score (nSPS) is 12.7. The smallest absolute Gasteiger partial charge is 0.306 e. The minimum atomic E-state index is -0.778. The number of carbonyl (C=O) groups excluding carboxylic acids is 3. The van der Waals surface area contributed by atoms with E-state index in [9.17, 15) is 14.4 Å². The summed E-state index contributed by atoms with van der Waals surface area (Å²) in [6.45, 7) is 6.54. The lowest BCUT2D eigenvalue weighted by molar-refractivity contribution is -0.167. The van der Waals surface area contributed by atoms with Crippen LogP contribution in [0.4, 0.5) is 0 Å². The third-order valence-electron chi connectivity index (χ3n) is 15.3. The zero-order valence-electron chi connectivity index (χ0n) is 54.2. The van der Waals surface area contributed by atoms with E-state index < -0.39 is 6.10 Å². The Kier molecular flexibility index (Phi) is 66.7. The number of ether oxygens (including phenoxy) is 3. The van der Waals surface area contributed by atoms with Gasteiger partial charge >= 0.3 is 17.9 Å². The molecule has 6 nitrogen and oxygen atoms in total. The maximum atomic E-state index is 12.9. The van der Waals surface area contributed by atoms with Gasteiger partial charge in [-0.1, -0.05) is 323 Å². The Bertz CT molecular complexity index is 1590. The Morgan fingerprint density at radius 1 is 0.256 bits per heavy atom. The molecular formula is C76H132O6. The van der Waals surface area contributed by atoms with Gasteiger partial charge in [-0.05, 0) is 103 Å². The molecule has 1 atom stereocenters. The summed E-state index contributed by atoms with van der Waals surface area (Å²) in [7, 11) is 0. The number of esters is 3. The predicted octanol–water partition coefficient (Wildman–Crippen LogP) is 24.4. The zero-order valence-corrected chi connectivity index (χ0v) is 54.2. The average molecular weight is 1140 g/mol. The van der Waals surface area contributed by atoms with E-state index in [2.05, 4.69) is 118 Å². The molecule has 1 unspecified atom stereocenters. The van der Waals surface area contributed by atoms with Crippen LogP contribution in [-0.4, -0.2) is 37.2 Å². The zero-order chi connectivity index (χ0) is 59.2. The number of hydrogen-bond acceptors (Lipinski definition) is 6. The Labute approximate surface area is 508 Å². The molecule has 0 fully saturated rings. The maximum absolute atomic E-state index is 12.9. The number of hydrogen-bond donors (Lipinski definition) is 0. The third-order valence-corrected chi connectivity index (χ3v) is 15.3. The average Bonchev–Trinajstić information content (AvgIpc) is 3.47. The van der Waals surface area contributed by atoms with Gasteiger partial charge in [0.25, 0.3) is 0 Å². The van der Waals surface area contributed by atoms with Gasteiger partial charge in [-0.25, -0.2) is 0 Å². The van der Waals surface area contributed by atoms with Gasteiger partial charge in [-0.15, -0.1) is 0 Å². The molecule has 0 N–H and O–H groups in total. The van der Waals surface area contributed by atoms with Gasteiger partial charge in [0, 0.05) is 19.3 Å². The highest BCUT2D eigenvalue weighted by Crippen LogP contribution is 2.17. The van der Waals surface area contributed by atoms with Crippen LogP contribution in [-0.2, 0) is 28.6 Å². The van der Waals surface area contributed by atoms with E-state index >= 15 is 0 Å². The fraction of sp³-hybridized carbons (Fsp3) is 0.750. The summed E-state index contributed by atoms with van der Waals surface area (Å²) in [5.74, 6) is -0.865. The van der Waals surface area contributed by atoms with Gasteiger partial charge in [0.1, 0.15) is 13.2 Å². The van der Waals surface area contributed by atoms with Crippen molar-refractivity contribution in [2.45, 2.75) is 354 Å². The van der Waals surface area contributed by atoms with E-state index in [1.54, 1.807) is 0 Å². The van der Waals surface area contributed by atoms with Crippen LogP contribution in [0.3, 0.4) is 0 Å². The molecule has 472 valence electrons. The second kappa shape index (κ2) is 69.8. The molecule has 82 heavy (non-hydrogen) atoms. The molecule has 0 aromatic heterocycles. The molecule has 6 heteroatoms. The second-order valence-electron chi connectivity index (χ2n) is 23.4. The van der Waals surface area contributed by atoms with Crippen LogP contribution in [0.25, 0.3) is 0 Å². The summed E-state index contributed by atoms with van der Waals surface area (Å²) < 4.78 is 16.9. The van der Waals surface area contributed by atoms with Crippen molar-refractivity contribution < 1.29 is 28.6 Å². The largest absolute Gasteiger partial charge is 0.462 e. The molecule has 0 spiro atoms. The van der Waals surface area contributed by atoms with Gasteiger partial charge in [-0.3, -0.25) is 14.4 Å². The van der Waals surface area contributed by atoms with E-state index in [0.717, 1.165) is 103 Å². The Hall–Kier alpha value is -3.67. The first kappa shape index (κ1) is 78.3. The first-order chi connectivity index (χ1) is 40.5. The van der Waals surface area contributed by atoms with E-state index in [1.807, 2.05) is 0 Å². The van der Waals surface area contributed by atoms with Crippen molar-refractivity contribution in [3.05, 3.63) is 97.2 Å². The Morgan fingerprint density at radius 3 is 0.744 bits per heavy atom. The first-order valence-electron chi connectivity index (χ1n) is 35.2. The molecule has 0 saturated heterocycles. The van der Waals surface area contributed by atoms with Crippen molar-refractivity contribution in [2.24, 2.45) is 0 Å². The minimum Gasteiger partial charge on any atom is -0.462 e. The van der Waals surface area contributed by atoms with E-state index in [0.29, 0.717) is 19.3 Å². The van der Waals surface area contributed by atoms with Crippen molar-refractivity contribution in [3.8, 4) is 0 Å². The molecule has 0 aliphatic rings. The number of allylic oxidation sites excluding steroid dienone is 16. The summed E-state index contributed by atoms with van der Waals surface area (Å²) >= 11 is 0. The summed E-state index contributed by atoms with van der Waals surface area (Å²) in [4.78, 5) is 38.3. The van der Waals surface area contributed by atoms with E-state index in [1.165, 1.54) is 205 Å². The van der Waals surface area contributed by atoms with Crippen LogP contribution >= 0.6 is 0 Å². The topological polar surface area (TPSA) is 78.9 Å². The highest BCUT2D eigenvalue weighted by atomic mass is 16.6. The molecule has 0 heterocycles. The molecule has 0 aromatic rings. The van der Waals surface area contributed by atoms with Crippen molar-refractivity contribution in [1.82, 2.24) is 0 Å². The molecule has 0 bridgehead atoms. The highest BCUT2D eigenvalue weighted by molar-refractivity contribution is 5.71. The molecule has 0 rings (SSSR count). The summed E-state index contributed by atoms with van der Waals surface area (Å²) in [6.07, 6.45) is 94.4. The minimum absolute atomic E-state index is 0.0745. The second-order valence-corrected chi connectivity index (χ2v) is 23.4. The van der Waals surface area contributed by atoms with Crippen LogP contribution in [0.5, 0.6) is 0 Å². The highest BCUT2D eigenvalue weighted by Gasteiger charge is 2.19. The fourth-order valence-corrected chi connectivity index (χ4v) is 10.1. The number of carbonyl (C=O) groups is 3. The van der Waals surface area contributed by atoms with Crippen LogP contribution in [0.15, 0.2) is 97.2 Å². The van der Waals surface area contributed by atoms with Crippen LogP contribution in [0, 0.1) is 0 Å². The lowest BCUT2D eigenvalue weighted by atomic mass is 10.0. The first-order valence-corrected chi connectivity index (χ1v) is 35.2. The van der Waals surface area contributed by atoms with Crippen LogP contribution in [0.1, 0.15) is 348 Å². The predicted molar refractivity (Wildman–Crippen MR) is 357 cm³/mol. The molecular weight excluding hydrogens is 1010 g/mol. The van der Waals surface area contributed by atoms with Crippen molar-refractivity contribution in [2.75, 3.05) is 13.2 Å². The Morgan fingerprint density at radius 2 is 0.476 bits per heavy atom. The van der Waals surface area contributed by atoms with Crippen molar-refractivity contribution in [1.29, 1.82) is 0 Å². The SMILES string of the molecule is CC/C=C\C/C=C\C/C=C\C/C=C\C/C=C\C/C=C\CCCCCCCCCCCCCCC(=O)OCC(COC(=O)CCCCCCCCCCCC)OC(=O)CCCCCCCCCCCCC/C=C\C/C=C\CCCCCCC. The van der Waals surface area contributed by atoms with Crippen molar-refractivity contribution in [3.63, 3.8) is 0 Å². The number of unbranched alkanes of at least 4 members (excludes halogenated alkanes) is 37. The standard InChI is InChI=1S/C76H132O6/c1-4-7-10-13-16-19-22-24-26-28-30-32-34-35-36-37-38-39-40-41-43-44-46-48-50-52-54-57-60-63-66-69-75(78)81-72-73(71-80-74(77)68-65-62-59-56-21-18-15-12-9-6-3)82-76(79)70-67-64-61-58-55-53-51-49-47-45-42-33-31-29-27-25-23-20-17-14-11-8-5-2/h7,10,16,19,23-26,29-32,35-36,38-39,73H,4-6,8-9,11-15,17-18,20-22,27-28,33-34,37,40-72H2,1-3H3/b10-7-,19-16-,25-23-,26-24-,31-29-,32-30-,36-35-,39-38-. The quantitative estimate of drug-likeness (QED) is 0.0261. The summed E-state index contributed by atoms with van der Waals surface area (Å²) in [6, 6.07) is 0. The fourth-order valence-electron chi connectivity index (χ4n) is 10.1. The lowest BCUT2D eigenvalue weighted by Gasteiger charge is -2.18. The lowest BCUT2D eigenvalue weighted by Crippen LogP contribution is -2.30. The summed E-state index contributed by atoms with van der Waals surface area (Å²) in [5, 5.41) is 0. The van der Waals surface area contributed by atoms with E-state index in [-0.39, 0.29) is 31.1 Å². The molecule has 0 aromatic carbocycles. The van der Waals surface area contributed by atoms with Gasteiger partial charge in [-0.2, -0.15) is 0 Å². The van der Waals surface area contributed by atoms with Crippen LogP contribution < -0.4 is 0 Å². The van der Waals surface area contributed by atoms with Gasteiger partial charge in [0.15, 0.2) is 6.10 Å². The maximum Gasteiger partial charge on any atom is 0.306 e. The van der Waals surface area contributed by atoms with E-state index in [4.69, 9.17) is 14.2 Å². The molecule has 0 amide bonds. The van der Waals surface area contributed by atoms with Crippen LogP contribution in [0.2, 0.25) is 0 Å². The molecule has 0 aliphatic carbocycles. The monoisotopic (exact) mass is 1140 g/mol. The molecule has 0 aliphatic heterocycles. The van der Waals surface area contributed by atoms with Gasteiger partial charge < -0.3 is 14.2 Å². The Balaban J connectivity index is 4.19.